The Bertz CT molecular complexity index is 1240. The molecule has 1 amide bonds. The number of anilines is 1. The van der Waals surface area contributed by atoms with E-state index < -0.39 is 22.0 Å². The molecule has 2 N–H and O–H groups in total. The highest BCUT2D eigenvalue weighted by molar-refractivity contribution is 7.89. The van der Waals surface area contributed by atoms with E-state index in [9.17, 15) is 13.2 Å². The summed E-state index contributed by atoms with van der Waals surface area (Å²) in [6.07, 6.45) is 0.109. The van der Waals surface area contributed by atoms with Crippen molar-refractivity contribution in [2.45, 2.75) is 17.4 Å². The highest BCUT2D eigenvalue weighted by Gasteiger charge is 2.28. The minimum absolute atomic E-state index is 0.00865. The van der Waals surface area contributed by atoms with Gasteiger partial charge < -0.3 is 14.8 Å². The van der Waals surface area contributed by atoms with Gasteiger partial charge in [-0.3, -0.25) is 4.79 Å². The number of halogens is 2. The monoisotopic (exact) mass is 508 g/mol. The number of carbonyl (C=O) groups is 1. The van der Waals surface area contributed by atoms with Gasteiger partial charge in [0.2, 0.25) is 15.9 Å². The smallest absolute Gasteiger partial charge is 0.242 e. The number of sulfonamides is 1. The van der Waals surface area contributed by atoms with Crippen LogP contribution in [0.5, 0.6) is 11.5 Å². The van der Waals surface area contributed by atoms with Gasteiger partial charge >= 0.3 is 0 Å². The Labute approximate surface area is 202 Å². The van der Waals surface area contributed by atoms with Crippen molar-refractivity contribution in [3.8, 4) is 11.5 Å². The second kappa shape index (κ2) is 10.9. The second-order valence-corrected chi connectivity index (χ2v) is 9.52. The van der Waals surface area contributed by atoms with Crippen LogP contribution in [0, 0.1) is 0 Å². The number of rotatable bonds is 9. The minimum atomic E-state index is -4.17. The number of methoxy groups -OCH3 is 2. The van der Waals surface area contributed by atoms with Crippen LogP contribution in [0.1, 0.15) is 5.56 Å². The van der Waals surface area contributed by atoms with Gasteiger partial charge in [-0.1, -0.05) is 53.5 Å². The molecule has 0 aliphatic carbocycles. The predicted molar refractivity (Wildman–Crippen MR) is 129 cm³/mol. The molecule has 7 nitrogen and oxygen atoms in total. The molecule has 0 aromatic heterocycles. The predicted octanol–water partition coefficient (Wildman–Crippen LogP) is 4.54. The molecule has 0 spiro atoms. The fourth-order valence-electron chi connectivity index (χ4n) is 3.11. The molecule has 10 heteroatoms. The van der Waals surface area contributed by atoms with Gasteiger partial charge in [0.1, 0.15) is 10.9 Å². The van der Waals surface area contributed by atoms with Gasteiger partial charge in [0.15, 0.2) is 11.5 Å². The van der Waals surface area contributed by atoms with Crippen LogP contribution in [0.4, 0.5) is 5.69 Å². The average molecular weight is 509 g/mol. The summed E-state index contributed by atoms with van der Waals surface area (Å²) in [5, 5.41) is 2.92. The minimum Gasteiger partial charge on any atom is -0.493 e. The van der Waals surface area contributed by atoms with E-state index in [1.165, 1.54) is 32.4 Å². The third kappa shape index (κ3) is 6.39. The third-order valence-electron chi connectivity index (χ3n) is 4.73. The average Bonchev–Trinajstić information content (AvgIpc) is 2.80. The maximum Gasteiger partial charge on any atom is 0.242 e. The number of nitrogens with one attached hydrogen (secondary N) is 2. The largest absolute Gasteiger partial charge is 0.493 e. The number of ether oxygens (including phenoxy) is 2. The van der Waals surface area contributed by atoms with Crippen LogP contribution in [0.15, 0.2) is 71.6 Å². The summed E-state index contributed by atoms with van der Waals surface area (Å²) in [4.78, 5) is 12.9. The molecule has 33 heavy (non-hydrogen) atoms. The lowest BCUT2D eigenvalue weighted by atomic mass is 10.1. The first-order valence-electron chi connectivity index (χ1n) is 9.77. The van der Waals surface area contributed by atoms with E-state index in [-0.39, 0.29) is 21.4 Å². The highest BCUT2D eigenvalue weighted by atomic mass is 35.5. The summed E-state index contributed by atoms with van der Waals surface area (Å²) in [5.41, 5.74) is 1.18. The van der Waals surface area contributed by atoms with Crippen molar-refractivity contribution in [3.05, 3.63) is 82.3 Å². The summed E-state index contributed by atoms with van der Waals surface area (Å²) in [5.74, 6) is 0.349. The van der Waals surface area contributed by atoms with E-state index in [4.69, 9.17) is 32.7 Å². The zero-order chi connectivity index (χ0) is 24.0. The third-order valence-corrected chi connectivity index (χ3v) is 6.92. The normalized spacial score (nSPS) is 12.1. The molecule has 0 heterocycles. The first-order chi connectivity index (χ1) is 15.7. The number of benzene rings is 3. The Morgan fingerprint density at radius 3 is 2.30 bits per heavy atom. The highest BCUT2D eigenvalue weighted by Crippen LogP contribution is 2.30. The van der Waals surface area contributed by atoms with Crippen LogP contribution < -0.4 is 19.5 Å². The van der Waals surface area contributed by atoms with E-state index in [0.717, 1.165) is 5.56 Å². The van der Waals surface area contributed by atoms with E-state index in [0.29, 0.717) is 17.2 Å². The molecule has 0 bridgehead atoms. The molecule has 174 valence electrons. The van der Waals surface area contributed by atoms with Gasteiger partial charge in [-0.2, -0.15) is 4.72 Å². The van der Waals surface area contributed by atoms with Crippen molar-refractivity contribution in [3.63, 3.8) is 0 Å². The van der Waals surface area contributed by atoms with Crippen LogP contribution in [-0.2, 0) is 21.2 Å². The molecule has 0 aliphatic rings. The fraction of sp³-hybridized carbons (Fsp3) is 0.174. The molecule has 3 aromatic carbocycles. The number of hydrogen-bond acceptors (Lipinski definition) is 5. The molecule has 0 saturated carbocycles. The Kier molecular flexibility index (Phi) is 8.20. The van der Waals surface area contributed by atoms with Crippen molar-refractivity contribution in [2.24, 2.45) is 0 Å². The van der Waals surface area contributed by atoms with Crippen molar-refractivity contribution < 1.29 is 22.7 Å². The van der Waals surface area contributed by atoms with Gasteiger partial charge in [0.25, 0.3) is 0 Å². The summed E-state index contributed by atoms with van der Waals surface area (Å²) < 4.78 is 39.1. The van der Waals surface area contributed by atoms with Gasteiger partial charge in [-0.05, 0) is 42.3 Å². The van der Waals surface area contributed by atoms with Crippen molar-refractivity contribution in [1.29, 1.82) is 0 Å². The quantitative estimate of drug-likeness (QED) is 0.442. The summed E-state index contributed by atoms with van der Waals surface area (Å²) >= 11 is 12.1. The summed E-state index contributed by atoms with van der Waals surface area (Å²) in [6.45, 7) is 0. The van der Waals surface area contributed by atoms with E-state index in [1.807, 2.05) is 6.07 Å². The van der Waals surface area contributed by atoms with Crippen molar-refractivity contribution in [1.82, 2.24) is 4.72 Å². The van der Waals surface area contributed by atoms with Crippen LogP contribution in [0.2, 0.25) is 10.0 Å². The molecule has 1 atom stereocenters. The lowest BCUT2D eigenvalue weighted by molar-refractivity contribution is -0.117. The van der Waals surface area contributed by atoms with Crippen LogP contribution in [0.25, 0.3) is 0 Å². The standard InChI is InChI=1S/C23H22Cl2N2O5S/c1-31-20-11-9-17(14-21(20)32-2)26-23(28)19(12-15-6-4-3-5-7-15)27-33(29,30)22-13-16(24)8-10-18(22)25/h3-11,13-14,19,27H,12H2,1-2H3,(H,26,28)/t19-/m1/s1. The summed E-state index contributed by atoms with van der Waals surface area (Å²) in [6, 6.07) is 16.9. The van der Waals surface area contributed by atoms with Gasteiger partial charge in [-0.25, -0.2) is 8.42 Å². The van der Waals surface area contributed by atoms with E-state index >= 15 is 0 Å². The zero-order valence-electron chi connectivity index (χ0n) is 17.8. The molecule has 0 radical (unpaired) electrons. The molecule has 0 saturated heterocycles. The maximum atomic E-state index is 13.2. The first-order valence-corrected chi connectivity index (χ1v) is 12.0. The van der Waals surface area contributed by atoms with Crippen LogP contribution in [0.3, 0.4) is 0 Å². The SMILES string of the molecule is COc1ccc(NC(=O)[C@@H](Cc2ccccc2)NS(=O)(=O)c2cc(Cl)ccc2Cl)cc1OC. The maximum absolute atomic E-state index is 13.2. The number of amides is 1. The van der Waals surface area contributed by atoms with Gasteiger partial charge in [0, 0.05) is 16.8 Å². The van der Waals surface area contributed by atoms with Crippen LogP contribution >= 0.6 is 23.2 Å². The number of hydrogen-bond donors (Lipinski definition) is 2. The fourth-order valence-corrected chi connectivity index (χ4v) is 5.07. The molecular weight excluding hydrogens is 487 g/mol. The Hall–Kier alpha value is -2.78. The Morgan fingerprint density at radius 1 is 0.939 bits per heavy atom. The molecule has 0 unspecified atom stereocenters. The van der Waals surface area contributed by atoms with Crippen molar-refractivity contribution in [2.75, 3.05) is 19.5 Å². The molecule has 0 aliphatic heterocycles. The second-order valence-electron chi connectivity index (χ2n) is 7.00. The first kappa shape index (κ1) is 24.9. The van der Waals surface area contributed by atoms with Crippen molar-refractivity contribution >= 4 is 44.8 Å². The summed E-state index contributed by atoms with van der Waals surface area (Å²) in [7, 11) is -1.19. The lowest BCUT2D eigenvalue weighted by Crippen LogP contribution is -2.45. The molecule has 0 fully saturated rings. The van der Waals surface area contributed by atoms with Crippen LogP contribution in [-0.4, -0.2) is 34.6 Å². The Morgan fingerprint density at radius 2 is 1.64 bits per heavy atom. The van der Waals surface area contributed by atoms with Gasteiger partial charge in [-0.15, -0.1) is 0 Å². The molecule has 3 rings (SSSR count). The van der Waals surface area contributed by atoms with E-state index in [2.05, 4.69) is 10.0 Å². The number of carbonyl (C=O) groups excluding carboxylic acids is 1. The Balaban J connectivity index is 1.91. The lowest BCUT2D eigenvalue weighted by Gasteiger charge is -2.20. The van der Waals surface area contributed by atoms with E-state index in [1.54, 1.807) is 42.5 Å². The molecular formula is C23H22Cl2N2O5S. The van der Waals surface area contributed by atoms with Gasteiger partial charge in [0.05, 0.1) is 19.2 Å². The topological polar surface area (TPSA) is 93.7 Å². The molecule has 3 aromatic rings. The zero-order valence-corrected chi connectivity index (χ0v) is 20.2.